The molecule has 1 saturated carbocycles. The summed E-state index contributed by atoms with van der Waals surface area (Å²) in [5, 5.41) is 3.20. The normalized spacial score (nSPS) is 13.3. The van der Waals surface area contributed by atoms with Crippen LogP contribution in [0.4, 0.5) is 10.1 Å². The van der Waals surface area contributed by atoms with Crippen LogP contribution < -0.4 is 9.62 Å². The van der Waals surface area contributed by atoms with Gasteiger partial charge in [-0.15, -0.1) is 0 Å². The van der Waals surface area contributed by atoms with E-state index in [1.165, 1.54) is 35.6 Å². The number of carbonyl (C=O) groups excluding carboxylic acids is 2. The van der Waals surface area contributed by atoms with E-state index < -0.39 is 15.8 Å². The molecule has 0 atom stereocenters. The molecule has 2 aromatic carbocycles. The number of hydrogen-bond donors (Lipinski definition) is 1. The van der Waals surface area contributed by atoms with Crippen LogP contribution in [0.15, 0.2) is 40.8 Å². The molecule has 3 aromatic rings. The quantitative estimate of drug-likeness (QED) is 0.161. The summed E-state index contributed by atoms with van der Waals surface area (Å²) in [5.74, 6) is -0.664. The fourth-order valence-corrected chi connectivity index (χ4v) is 5.71. The number of sulfonamides is 1. The lowest BCUT2D eigenvalue weighted by molar-refractivity contribution is -0.144. The van der Waals surface area contributed by atoms with Crippen molar-refractivity contribution in [2.24, 2.45) is 0 Å². The number of fused-ring (bicyclic) bond motifs is 1. The minimum Gasteiger partial charge on any atom is -0.466 e. The summed E-state index contributed by atoms with van der Waals surface area (Å²) in [6.45, 7) is 3.72. The Labute approximate surface area is 256 Å². The van der Waals surface area contributed by atoms with Crippen molar-refractivity contribution >= 4 is 38.6 Å². The lowest BCUT2D eigenvalue weighted by atomic mass is 10.0. The minimum absolute atomic E-state index is 0.0643. The number of furan rings is 1. The highest BCUT2D eigenvalue weighted by Crippen LogP contribution is 2.48. The Morgan fingerprint density at radius 3 is 2.23 bits per heavy atom. The van der Waals surface area contributed by atoms with Gasteiger partial charge in [0.15, 0.2) is 0 Å². The molecule has 1 heterocycles. The predicted octanol–water partition coefficient (Wildman–Crippen LogP) is 4.24. The summed E-state index contributed by atoms with van der Waals surface area (Å²) in [6.07, 6.45) is 3.12. The van der Waals surface area contributed by atoms with Crippen LogP contribution in [-0.2, 0) is 33.8 Å². The highest BCUT2D eigenvalue weighted by molar-refractivity contribution is 7.92. The fourth-order valence-electron chi connectivity index (χ4n) is 4.78. The first-order valence-electron chi connectivity index (χ1n) is 14.6. The van der Waals surface area contributed by atoms with Gasteiger partial charge in [0.2, 0.25) is 10.0 Å². The lowest BCUT2D eigenvalue weighted by Crippen LogP contribution is -2.34. The zero-order chi connectivity index (χ0) is 31.7. The first-order chi connectivity index (χ1) is 21.1. The summed E-state index contributed by atoms with van der Waals surface area (Å²) < 4.78 is 68.3. The Morgan fingerprint density at radius 1 is 1.00 bits per heavy atom. The number of ether oxygens (including phenoxy) is 4. The fraction of sp³-hybridized carbons (Fsp3) is 0.484. The number of nitrogens with zero attached hydrogens (tertiary/aromatic N) is 1. The molecule has 0 aliphatic heterocycles. The van der Waals surface area contributed by atoms with Gasteiger partial charge in [-0.3, -0.25) is 13.9 Å². The highest BCUT2D eigenvalue weighted by atomic mass is 32.2. The van der Waals surface area contributed by atoms with E-state index in [0.29, 0.717) is 54.2 Å². The first kappa shape index (κ1) is 33.4. The van der Waals surface area contributed by atoms with Crippen LogP contribution in [0, 0.1) is 5.82 Å². The molecule has 1 N–H and O–H groups in total. The number of carbonyl (C=O) groups is 2. The third-order valence-corrected chi connectivity index (χ3v) is 8.20. The van der Waals surface area contributed by atoms with Gasteiger partial charge in [0, 0.05) is 24.1 Å². The van der Waals surface area contributed by atoms with Gasteiger partial charge in [0.1, 0.15) is 17.2 Å². The van der Waals surface area contributed by atoms with E-state index in [9.17, 15) is 22.4 Å². The third kappa shape index (κ3) is 8.78. The molecule has 1 aromatic heterocycles. The highest BCUT2D eigenvalue weighted by Gasteiger charge is 2.33. The van der Waals surface area contributed by atoms with Crippen molar-refractivity contribution in [2.75, 3.05) is 70.4 Å². The Hall–Kier alpha value is -3.52. The summed E-state index contributed by atoms with van der Waals surface area (Å²) in [4.78, 5) is 24.3. The zero-order valence-corrected chi connectivity index (χ0v) is 26.0. The van der Waals surface area contributed by atoms with Crippen LogP contribution in [-0.4, -0.2) is 86.4 Å². The van der Waals surface area contributed by atoms with Crippen LogP contribution >= 0.6 is 0 Å². The molecule has 0 radical (unpaired) electrons. The molecule has 44 heavy (non-hydrogen) atoms. The summed E-state index contributed by atoms with van der Waals surface area (Å²) >= 11 is 0. The summed E-state index contributed by atoms with van der Waals surface area (Å²) in [5.41, 5.74) is 2.46. The maximum absolute atomic E-state index is 13.6. The second kappa shape index (κ2) is 15.5. The van der Waals surface area contributed by atoms with Crippen LogP contribution in [0.1, 0.15) is 48.0 Å². The zero-order valence-electron chi connectivity index (χ0n) is 25.2. The van der Waals surface area contributed by atoms with Crippen LogP contribution in [0.5, 0.6) is 0 Å². The summed E-state index contributed by atoms with van der Waals surface area (Å²) in [7, 11) is -2.19. The van der Waals surface area contributed by atoms with Gasteiger partial charge in [0.05, 0.1) is 76.7 Å². The number of anilines is 1. The van der Waals surface area contributed by atoms with Crippen molar-refractivity contribution in [2.45, 2.75) is 32.1 Å². The molecular weight excluding hydrogens is 595 g/mol. The van der Waals surface area contributed by atoms with Crippen molar-refractivity contribution in [1.29, 1.82) is 0 Å². The molecule has 240 valence electrons. The van der Waals surface area contributed by atoms with Gasteiger partial charge < -0.3 is 28.7 Å². The smallest absolute Gasteiger partial charge is 0.308 e. The van der Waals surface area contributed by atoms with Crippen molar-refractivity contribution < 1.29 is 45.8 Å². The van der Waals surface area contributed by atoms with Crippen molar-refractivity contribution in [1.82, 2.24) is 5.32 Å². The van der Waals surface area contributed by atoms with Gasteiger partial charge in [-0.05, 0) is 61.6 Å². The SMILES string of the molecule is CCOC(=O)CCOCCOCCOCCN(c1cc2oc(-c3ccc(F)cc3)c(C(=O)NC)c2cc1C1CC1)S(C)(=O)=O. The van der Waals surface area contributed by atoms with Gasteiger partial charge >= 0.3 is 5.97 Å². The topological polar surface area (TPSA) is 134 Å². The molecule has 0 unspecified atom stereocenters. The first-order valence-corrected chi connectivity index (χ1v) is 16.4. The van der Waals surface area contributed by atoms with E-state index in [1.54, 1.807) is 13.0 Å². The maximum Gasteiger partial charge on any atom is 0.308 e. The molecule has 1 aliphatic rings. The van der Waals surface area contributed by atoms with E-state index in [0.717, 1.165) is 24.7 Å². The molecule has 1 amide bonds. The number of amides is 1. The monoisotopic (exact) mass is 634 g/mol. The Morgan fingerprint density at radius 2 is 1.64 bits per heavy atom. The van der Waals surface area contributed by atoms with Gasteiger partial charge in [-0.25, -0.2) is 12.8 Å². The van der Waals surface area contributed by atoms with Crippen molar-refractivity contribution in [3.05, 3.63) is 53.3 Å². The Bertz CT molecular complexity index is 1540. The molecule has 1 aliphatic carbocycles. The average Bonchev–Trinajstić information content (AvgIpc) is 3.77. The van der Waals surface area contributed by atoms with Gasteiger partial charge in [0.25, 0.3) is 5.91 Å². The van der Waals surface area contributed by atoms with Gasteiger partial charge in [-0.2, -0.15) is 0 Å². The molecule has 1 fully saturated rings. The molecule has 0 bridgehead atoms. The number of rotatable bonds is 18. The predicted molar refractivity (Wildman–Crippen MR) is 163 cm³/mol. The second-order valence-corrected chi connectivity index (χ2v) is 12.2. The number of esters is 1. The standard InChI is InChI=1S/C31H39FN2O9S/c1-4-42-28(35)11-13-39-15-17-41-18-16-40-14-12-34(44(3,37)38)26-20-27-25(19-24(26)21-5-6-21)29(31(36)33-2)30(43-27)22-7-9-23(32)10-8-22/h7-10,19-21H,4-6,11-18H2,1-3H3,(H,33,36). The van der Waals surface area contributed by atoms with E-state index in [2.05, 4.69) is 5.32 Å². The molecule has 0 saturated heterocycles. The molecule has 13 heteroatoms. The van der Waals surface area contributed by atoms with Crippen molar-refractivity contribution in [3.8, 4) is 11.3 Å². The lowest BCUT2D eigenvalue weighted by Gasteiger charge is -2.25. The summed E-state index contributed by atoms with van der Waals surface area (Å²) in [6, 6.07) is 9.14. The number of nitrogens with one attached hydrogen (secondary N) is 1. The maximum atomic E-state index is 13.6. The average molecular weight is 635 g/mol. The van der Waals surface area contributed by atoms with Crippen LogP contribution in [0.2, 0.25) is 0 Å². The van der Waals surface area contributed by atoms with Crippen LogP contribution in [0.3, 0.4) is 0 Å². The largest absolute Gasteiger partial charge is 0.466 e. The third-order valence-electron chi connectivity index (χ3n) is 7.02. The Balaban J connectivity index is 1.43. The number of benzene rings is 2. The van der Waals surface area contributed by atoms with E-state index in [-0.39, 0.29) is 56.3 Å². The number of hydrogen-bond acceptors (Lipinski definition) is 9. The molecule has 0 spiro atoms. The molecule has 11 nitrogen and oxygen atoms in total. The number of halogens is 1. The molecular formula is C31H39FN2O9S. The van der Waals surface area contributed by atoms with E-state index in [1.807, 2.05) is 6.07 Å². The van der Waals surface area contributed by atoms with E-state index in [4.69, 9.17) is 23.4 Å². The van der Waals surface area contributed by atoms with E-state index >= 15 is 0 Å². The second-order valence-electron chi connectivity index (χ2n) is 10.3. The minimum atomic E-state index is -3.71. The van der Waals surface area contributed by atoms with Crippen molar-refractivity contribution in [3.63, 3.8) is 0 Å². The Kier molecular flexibility index (Phi) is 11.7. The molecule has 4 rings (SSSR count). The van der Waals surface area contributed by atoms with Gasteiger partial charge in [-0.1, -0.05) is 0 Å². The van der Waals surface area contributed by atoms with Crippen LogP contribution in [0.25, 0.3) is 22.3 Å².